The van der Waals surface area contributed by atoms with Gasteiger partial charge in [-0.1, -0.05) is 38.1 Å². The molecule has 0 unspecified atom stereocenters. The molecular formula is C28H24O6. The Kier molecular flexibility index (Phi) is 7.08. The van der Waals surface area contributed by atoms with Crippen molar-refractivity contribution in [3.8, 4) is 11.5 Å². The normalized spacial score (nSPS) is 11.6. The average Bonchev–Trinajstić information content (AvgIpc) is 3.59. The summed E-state index contributed by atoms with van der Waals surface area (Å²) in [5.74, 6) is 0.134. The first-order valence-corrected chi connectivity index (χ1v) is 11.0. The van der Waals surface area contributed by atoms with Crippen LogP contribution in [0.25, 0.3) is 11.1 Å². The Morgan fingerprint density at radius 1 is 0.618 bits per heavy atom. The summed E-state index contributed by atoms with van der Waals surface area (Å²) in [6.07, 6.45) is 4.51. The smallest absolute Gasteiger partial charge is 0.379 e. The fourth-order valence-corrected chi connectivity index (χ4v) is 3.74. The van der Waals surface area contributed by atoms with Crippen LogP contribution in [-0.4, -0.2) is 11.9 Å². The molecule has 0 atom stereocenters. The summed E-state index contributed by atoms with van der Waals surface area (Å²) < 4.78 is 20.9. The number of allylic oxidation sites excluding steroid dienone is 2. The van der Waals surface area contributed by atoms with Gasteiger partial charge in [0.2, 0.25) is 11.5 Å². The molecule has 0 fully saturated rings. The SMILES string of the molecule is CC/C(=C(\CC)c1ccc(OC(=O)c2ccco2)cc1)c1ccc(OC(=O)c2ccco2)cc1. The second-order valence-corrected chi connectivity index (χ2v) is 7.45. The largest absolute Gasteiger partial charge is 0.457 e. The molecule has 0 saturated carbocycles. The van der Waals surface area contributed by atoms with E-state index in [1.54, 1.807) is 48.5 Å². The van der Waals surface area contributed by atoms with Crippen molar-refractivity contribution in [2.45, 2.75) is 26.7 Å². The molecule has 6 nitrogen and oxygen atoms in total. The van der Waals surface area contributed by atoms with E-state index in [0.717, 1.165) is 24.0 Å². The molecule has 2 aromatic heterocycles. The van der Waals surface area contributed by atoms with Crippen LogP contribution < -0.4 is 9.47 Å². The lowest BCUT2D eigenvalue weighted by Gasteiger charge is -2.15. The highest BCUT2D eigenvalue weighted by atomic mass is 16.6. The molecule has 172 valence electrons. The highest BCUT2D eigenvalue weighted by Gasteiger charge is 2.14. The van der Waals surface area contributed by atoms with E-state index in [2.05, 4.69) is 13.8 Å². The van der Waals surface area contributed by atoms with Crippen LogP contribution in [0.5, 0.6) is 11.5 Å². The van der Waals surface area contributed by atoms with Gasteiger partial charge in [-0.25, -0.2) is 9.59 Å². The number of benzene rings is 2. The molecule has 0 saturated heterocycles. The minimum absolute atomic E-state index is 0.157. The zero-order valence-corrected chi connectivity index (χ0v) is 18.9. The van der Waals surface area contributed by atoms with Gasteiger partial charge in [0.25, 0.3) is 0 Å². The van der Waals surface area contributed by atoms with E-state index >= 15 is 0 Å². The molecule has 0 radical (unpaired) electrons. The van der Waals surface area contributed by atoms with E-state index in [1.165, 1.54) is 23.7 Å². The van der Waals surface area contributed by atoms with E-state index in [-0.39, 0.29) is 11.5 Å². The van der Waals surface area contributed by atoms with Crippen molar-refractivity contribution in [2.75, 3.05) is 0 Å². The predicted octanol–water partition coefficient (Wildman–Crippen LogP) is 7.04. The fraction of sp³-hybridized carbons (Fsp3) is 0.143. The molecule has 4 aromatic rings. The number of carbonyl (C=O) groups excluding carboxylic acids is 2. The Bertz CT molecular complexity index is 1160. The first kappa shape index (κ1) is 22.9. The number of esters is 2. The maximum absolute atomic E-state index is 12.1. The zero-order chi connectivity index (χ0) is 23.9. The molecule has 6 heteroatoms. The summed E-state index contributed by atoms with van der Waals surface area (Å²) in [6.45, 7) is 4.21. The molecule has 2 aromatic carbocycles. The third-order valence-corrected chi connectivity index (χ3v) is 5.34. The lowest BCUT2D eigenvalue weighted by molar-refractivity contribution is 0.0692. The number of hydrogen-bond acceptors (Lipinski definition) is 6. The minimum atomic E-state index is -0.536. The third kappa shape index (κ3) is 5.18. The molecule has 0 spiro atoms. The molecule has 0 amide bonds. The van der Waals surface area contributed by atoms with Crippen molar-refractivity contribution in [3.63, 3.8) is 0 Å². The fourth-order valence-electron chi connectivity index (χ4n) is 3.74. The number of rotatable bonds is 8. The van der Waals surface area contributed by atoms with Crippen LogP contribution >= 0.6 is 0 Å². The average molecular weight is 456 g/mol. The monoisotopic (exact) mass is 456 g/mol. The van der Waals surface area contributed by atoms with Gasteiger partial charge in [0.05, 0.1) is 12.5 Å². The summed E-state index contributed by atoms with van der Waals surface area (Å²) in [6, 6.07) is 21.3. The van der Waals surface area contributed by atoms with Gasteiger partial charge < -0.3 is 18.3 Å². The van der Waals surface area contributed by atoms with Crippen molar-refractivity contribution in [2.24, 2.45) is 0 Å². The molecular weight excluding hydrogens is 432 g/mol. The Balaban J connectivity index is 1.52. The van der Waals surface area contributed by atoms with Crippen LogP contribution in [0.4, 0.5) is 0 Å². The predicted molar refractivity (Wildman–Crippen MR) is 128 cm³/mol. The second-order valence-electron chi connectivity index (χ2n) is 7.45. The van der Waals surface area contributed by atoms with Crippen molar-refractivity contribution < 1.29 is 27.9 Å². The molecule has 2 heterocycles. The van der Waals surface area contributed by atoms with Crippen molar-refractivity contribution in [1.82, 2.24) is 0 Å². The van der Waals surface area contributed by atoms with Crippen molar-refractivity contribution in [1.29, 1.82) is 0 Å². The van der Waals surface area contributed by atoms with E-state index in [0.29, 0.717) is 11.5 Å². The van der Waals surface area contributed by atoms with Crippen LogP contribution in [0, 0.1) is 0 Å². The minimum Gasteiger partial charge on any atom is -0.457 e. The van der Waals surface area contributed by atoms with E-state index in [4.69, 9.17) is 18.3 Å². The highest BCUT2D eigenvalue weighted by molar-refractivity contribution is 5.92. The van der Waals surface area contributed by atoms with E-state index in [9.17, 15) is 9.59 Å². The van der Waals surface area contributed by atoms with Crippen molar-refractivity contribution >= 4 is 23.1 Å². The first-order chi connectivity index (χ1) is 16.6. The quantitative estimate of drug-likeness (QED) is 0.161. The van der Waals surface area contributed by atoms with Crippen LogP contribution in [0.15, 0.2) is 94.2 Å². The van der Waals surface area contributed by atoms with Crippen LogP contribution in [0.2, 0.25) is 0 Å². The highest BCUT2D eigenvalue weighted by Crippen LogP contribution is 2.33. The van der Waals surface area contributed by atoms with Gasteiger partial charge in [0, 0.05) is 0 Å². The maximum atomic E-state index is 12.1. The topological polar surface area (TPSA) is 78.9 Å². The van der Waals surface area contributed by atoms with Gasteiger partial charge in [0.1, 0.15) is 11.5 Å². The summed E-state index contributed by atoms with van der Waals surface area (Å²) in [7, 11) is 0. The number of carbonyl (C=O) groups is 2. The number of ether oxygens (including phenoxy) is 2. The first-order valence-electron chi connectivity index (χ1n) is 11.0. The number of furan rings is 2. The zero-order valence-electron chi connectivity index (χ0n) is 18.9. The molecule has 0 aliphatic rings. The molecule has 0 aliphatic heterocycles. The summed E-state index contributed by atoms with van der Waals surface area (Å²) in [5, 5.41) is 0. The maximum Gasteiger partial charge on any atom is 0.379 e. The van der Waals surface area contributed by atoms with E-state index in [1.807, 2.05) is 24.3 Å². The van der Waals surface area contributed by atoms with Gasteiger partial charge in [-0.2, -0.15) is 0 Å². The van der Waals surface area contributed by atoms with Gasteiger partial charge >= 0.3 is 11.9 Å². The summed E-state index contributed by atoms with van der Waals surface area (Å²) in [5.41, 5.74) is 4.47. The van der Waals surface area contributed by atoms with Crippen LogP contribution in [-0.2, 0) is 0 Å². The Hall–Kier alpha value is -4.32. The Morgan fingerprint density at radius 3 is 1.29 bits per heavy atom. The standard InChI is InChI=1S/C28H24O6/c1-3-23(19-9-13-21(14-10-19)33-27(29)25-7-5-17-31-25)24(4-2)20-11-15-22(16-12-20)34-28(30)26-8-6-18-32-26/h5-18H,3-4H2,1-2H3/b24-23-. The van der Waals surface area contributed by atoms with Crippen molar-refractivity contribution in [3.05, 3.63) is 108 Å². The Labute approximate surface area is 197 Å². The van der Waals surface area contributed by atoms with E-state index < -0.39 is 11.9 Å². The molecule has 0 aliphatic carbocycles. The van der Waals surface area contributed by atoms with Gasteiger partial charge in [-0.05, 0) is 83.6 Å². The molecule has 4 rings (SSSR count). The Morgan fingerprint density at radius 2 is 1.00 bits per heavy atom. The third-order valence-electron chi connectivity index (χ3n) is 5.34. The van der Waals surface area contributed by atoms with Gasteiger partial charge in [-0.15, -0.1) is 0 Å². The summed E-state index contributed by atoms with van der Waals surface area (Å²) in [4.78, 5) is 24.2. The van der Waals surface area contributed by atoms with Gasteiger partial charge in [-0.3, -0.25) is 0 Å². The summed E-state index contributed by atoms with van der Waals surface area (Å²) >= 11 is 0. The molecule has 0 bridgehead atoms. The second kappa shape index (κ2) is 10.5. The molecule has 34 heavy (non-hydrogen) atoms. The van der Waals surface area contributed by atoms with Crippen LogP contribution in [0.3, 0.4) is 0 Å². The number of hydrogen-bond donors (Lipinski definition) is 0. The van der Waals surface area contributed by atoms with Crippen LogP contribution in [0.1, 0.15) is 58.9 Å². The van der Waals surface area contributed by atoms with Gasteiger partial charge in [0.15, 0.2) is 0 Å². The lowest BCUT2D eigenvalue weighted by atomic mass is 9.91. The lowest BCUT2D eigenvalue weighted by Crippen LogP contribution is -2.07. The molecule has 0 N–H and O–H groups in total.